The number of para-hydroxylation sites is 2. The topological polar surface area (TPSA) is 38.8 Å². The van der Waals surface area contributed by atoms with Crippen LogP contribution in [0.2, 0.25) is 0 Å². The molecule has 0 bridgehead atoms. The summed E-state index contributed by atoms with van der Waals surface area (Å²) in [5, 5.41) is 0. The Morgan fingerprint density at radius 1 is 1.44 bits per heavy atom. The minimum absolute atomic E-state index is 0.0776. The second-order valence-electron chi connectivity index (χ2n) is 3.85. The van der Waals surface area contributed by atoms with Crippen molar-refractivity contribution in [2.24, 2.45) is 0 Å². The van der Waals surface area contributed by atoms with E-state index in [0.29, 0.717) is 6.54 Å². The van der Waals surface area contributed by atoms with E-state index >= 15 is 0 Å². The van der Waals surface area contributed by atoms with E-state index in [1.807, 2.05) is 36.1 Å². The zero-order valence-electron chi connectivity index (χ0n) is 9.47. The van der Waals surface area contributed by atoms with Crippen molar-refractivity contribution in [1.82, 2.24) is 0 Å². The van der Waals surface area contributed by atoms with E-state index in [1.54, 1.807) is 7.11 Å². The number of nitrogens with zero attached hydrogens (tertiary/aromatic N) is 1. The molecular weight excluding hydrogens is 206 g/mol. The largest absolute Gasteiger partial charge is 0.495 e. The molecule has 1 aliphatic heterocycles. The van der Waals surface area contributed by atoms with Crippen LogP contribution in [-0.2, 0) is 9.53 Å². The van der Waals surface area contributed by atoms with Gasteiger partial charge in [0.1, 0.15) is 18.4 Å². The summed E-state index contributed by atoms with van der Waals surface area (Å²) in [4.78, 5) is 13.3. The van der Waals surface area contributed by atoms with E-state index in [2.05, 4.69) is 0 Å². The highest BCUT2D eigenvalue weighted by Gasteiger charge is 2.25. The number of benzene rings is 1. The van der Waals surface area contributed by atoms with Crippen LogP contribution < -0.4 is 9.64 Å². The van der Waals surface area contributed by atoms with Gasteiger partial charge in [0.2, 0.25) is 0 Å². The lowest BCUT2D eigenvalue weighted by Gasteiger charge is -2.32. The quantitative estimate of drug-likeness (QED) is 0.708. The number of hydrogen-bond donors (Lipinski definition) is 0. The molecule has 0 aliphatic carbocycles. The highest BCUT2D eigenvalue weighted by atomic mass is 16.5. The summed E-state index contributed by atoms with van der Waals surface area (Å²) >= 11 is 0. The fourth-order valence-corrected chi connectivity index (χ4v) is 1.90. The van der Waals surface area contributed by atoms with E-state index in [4.69, 9.17) is 9.47 Å². The molecule has 1 saturated heterocycles. The molecule has 4 heteroatoms. The summed E-state index contributed by atoms with van der Waals surface area (Å²) < 4.78 is 10.4. The molecule has 0 aromatic heterocycles. The number of anilines is 1. The predicted octanol–water partition coefficient (Wildman–Crippen LogP) is 1.45. The van der Waals surface area contributed by atoms with Gasteiger partial charge in [-0.1, -0.05) is 12.1 Å². The summed E-state index contributed by atoms with van der Waals surface area (Å²) in [5.41, 5.74) is 0.938. The summed E-state index contributed by atoms with van der Waals surface area (Å²) in [6, 6.07) is 7.68. The number of rotatable bonds is 2. The molecule has 2 rings (SSSR count). The van der Waals surface area contributed by atoms with Gasteiger partial charge in [0, 0.05) is 0 Å². The van der Waals surface area contributed by atoms with Gasteiger partial charge in [0.05, 0.1) is 19.3 Å². The van der Waals surface area contributed by atoms with E-state index in [1.165, 1.54) is 0 Å². The second kappa shape index (κ2) is 4.43. The van der Waals surface area contributed by atoms with Crippen LogP contribution in [0, 0.1) is 0 Å². The van der Waals surface area contributed by atoms with Gasteiger partial charge in [-0.05, 0) is 19.1 Å². The zero-order valence-corrected chi connectivity index (χ0v) is 9.47. The molecule has 1 heterocycles. The summed E-state index contributed by atoms with van der Waals surface area (Å²) in [7, 11) is 1.63. The van der Waals surface area contributed by atoms with Crippen molar-refractivity contribution in [1.29, 1.82) is 0 Å². The first-order chi connectivity index (χ1) is 7.70. The molecule has 1 unspecified atom stereocenters. The number of ether oxygens (including phenoxy) is 2. The predicted molar refractivity (Wildman–Crippen MR) is 60.8 cm³/mol. The molecule has 0 radical (unpaired) electrons. The second-order valence-corrected chi connectivity index (χ2v) is 3.85. The third kappa shape index (κ3) is 2.10. The first-order valence-electron chi connectivity index (χ1n) is 5.28. The Kier molecular flexibility index (Phi) is 2.99. The molecule has 0 N–H and O–H groups in total. The smallest absolute Gasteiger partial charge is 0.325 e. The number of esters is 1. The lowest BCUT2D eigenvalue weighted by Crippen LogP contribution is -2.44. The van der Waals surface area contributed by atoms with E-state index in [0.717, 1.165) is 11.4 Å². The van der Waals surface area contributed by atoms with Crippen LogP contribution in [0.1, 0.15) is 6.92 Å². The van der Waals surface area contributed by atoms with Crippen LogP contribution in [0.3, 0.4) is 0 Å². The number of carbonyl (C=O) groups is 1. The molecule has 1 aliphatic rings. The SMILES string of the molecule is COc1ccccc1N1CC(=O)OC(C)C1. The zero-order chi connectivity index (χ0) is 11.5. The monoisotopic (exact) mass is 221 g/mol. The maximum absolute atomic E-state index is 11.4. The lowest BCUT2D eigenvalue weighted by atomic mass is 10.2. The van der Waals surface area contributed by atoms with Crippen molar-refractivity contribution in [3.63, 3.8) is 0 Å². The van der Waals surface area contributed by atoms with Gasteiger partial charge in [-0.15, -0.1) is 0 Å². The average molecular weight is 221 g/mol. The fraction of sp³-hybridized carbons (Fsp3) is 0.417. The van der Waals surface area contributed by atoms with Crippen molar-refractivity contribution in [2.45, 2.75) is 13.0 Å². The van der Waals surface area contributed by atoms with Crippen LogP contribution in [0.25, 0.3) is 0 Å². The summed E-state index contributed by atoms with van der Waals surface area (Å²) in [5.74, 6) is 0.592. The molecule has 0 amide bonds. The Balaban J connectivity index is 2.25. The molecule has 4 nitrogen and oxygen atoms in total. The summed E-state index contributed by atoms with van der Waals surface area (Å²) in [6.45, 7) is 2.87. The number of hydrogen-bond acceptors (Lipinski definition) is 4. The maximum Gasteiger partial charge on any atom is 0.325 e. The van der Waals surface area contributed by atoms with Gasteiger partial charge in [0.15, 0.2) is 0 Å². The van der Waals surface area contributed by atoms with Crippen LogP contribution in [0.15, 0.2) is 24.3 Å². The van der Waals surface area contributed by atoms with Gasteiger partial charge in [0.25, 0.3) is 0 Å². The number of carbonyl (C=O) groups excluding carboxylic acids is 1. The molecular formula is C12H15NO3. The third-order valence-corrected chi connectivity index (χ3v) is 2.56. The van der Waals surface area contributed by atoms with Crippen LogP contribution >= 0.6 is 0 Å². The molecule has 86 valence electrons. The van der Waals surface area contributed by atoms with Crippen LogP contribution in [0.4, 0.5) is 5.69 Å². The van der Waals surface area contributed by atoms with Crippen molar-refractivity contribution in [3.8, 4) is 5.75 Å². The normalized spacial score (nSPS) is 20.5. The van der Waals surface area contributed by atoms with Crippen molar-refractivity contribution in [3.05, 3.63) is 24.3 Å². The third-order valence-electron chi connectivity index (χ3n) is 2.56. The Morgan fingerprint density at radius 3 is 2.88 bits per heavy atom. The minimum Gasteiger partial charge on any atom is -0.495 e. The first kappa shape index (κ1) is 10.8. The van der Waals surface area contributed by atoms with Gasteiger partial charge >= 0.3 is 5.97 Å². The van der Waals surface area contributed by atoms with Crippen molar-refractivity contribution >= 4 is 11.7 Å². The molecule has 1 atom stereocenters. The Labute approximate surface area is 94.8 Å². The highest BCUT2D eigenvalue weighted by Crippen LogP contribution is 2.28. The Morgan fingerprint density at radius 2 is 2.19 bits per heavy atom. The Bertz CT molecular complexity index is 392. The van der Waals surface area contributed by atoms with Crippen LogP contribution in [-0.4, -0.2) is 32.3 Å². The summed E-state index contributed by atoms with van der Waals surface area (Å²) in [6.07, 6.45) is -0.0776. The Hall–Kier alpha value is -1.71. The average Bonchev–Trinajstić information content (AvgIpc) is 2.27. The van der Waals surface area contributed by atoms with Crippen molar-refractivity contribution in [2.75, 3.05) is 25.1 Å². The van der Waals surface area contributed by atoms with Crippen molar-refractivity contribution < 1.29 is 14.3 Å². The van der Waals surface area contributed by atoms with E-state index < -0.39 is 0 Å². The molecule has 1 aromatic carbocycles. The number of cyclic esters (lactones) is 1. The fourth-order valence-electron chi connectivity index (χ4n) is 1.90. The van der Waals surface area contributed by atoms with Gasteiger partial charge in [-0.3, -0.25) is 4.79 Å². The van der Waals surface area contributed by atoms with Gasteiger partial charge < -0.3 is 14.4 Å². The highest BCUT2D eigenvalue weighted by molar-refractivity contribution is 5.78. The molecule has 0 spiro atoms. The maximum atomic E-state index is 11.4. The molecule has 1 aromatic rings. The van der Waals surface area contributed by atoms with E-state index in [9.17, 15) is 4.79 Å². The first-order valence-corrected chi connectivity index (χ1v) is 5.28. The minimum atomic E-state index is -0.190. The van der Waals surface area contributed by atoms with Crippen LogP contribution in [0.5, 0.6) is 5.75 Å². The number of methoxy groups -OCH3 is 1. The molecule has 1 fully saturated rings. The van der Waals surface area contributed by atoms with Gasteiger partial charge in [-0.25, -0.2) is 0 Å². The van der Waals surface area contributed by atoms with E-state index in [-0.39, 0.29) is 18.6 Å². The molecule has 0 saturated carbocycles. The van der Waals surface area contributed by atoms with Gasteiger partial charge in [-0.2, -0.15) is 0 Å². The lowest BCUT2D eigenvalue weighted by molar-refractivity contribution is -0.148. The number of morpholine rings is 1. The standard InChI is InChI=1S/C12H15NO3/c1-9-7-13(8-12(14)16-9)10-5-3-4-6-11(10)15-2/h3-6,9H,7-8H2,1-2H3. The molecule has 16 heavy (non-hydrogen) atoms.